The molecule has 0 amide bonds. The van der Waals surface area contributed by atoms with Gasteiger partial charge in [-0.1, -0.05) is 6.07 Å². The first kappa shape index (κ1) is 10.2. The summed E-state index contributed by atoms with van der Waals surface area (Å²) in [5.74, 6) is 0. The second kappa shape index (κ2) is 4.04. The fraction of sp³-hybridized carbons (Fsp3) is 0.333. The standard InChI is InChI=1S/C12H15NO2/c1-9(15)7-13-5-4-11-6-10(8-14)2-3-12(11)13/h2-6,9,14-15H,7-8H2,1H3. The van der Waals surface area contributed by atoms with E-state index in [1.165, 1.54) is 0 Å². The molecule has 80 valence electrons. The molecule has 2 rings (SSSR count). The Morgan fingerprint density at radius 1 is 1.33 bits per heavy atom. The zero-order chi connectivity index (χ0) is 10.8. The number of aliphatic hydroxyl groups excluding tert-OH is 2. The molecule has 0 radical (unpaired) electrons. The van der Waals surface area contributed by atoms with E-state index in [-0.39, 0.29) is 12.7 Å². The van der Waals surface area contributed by atoms with Crippen molar-refractivity contribution >= 4 is 10.9 Å². The monoisotopic (exact) mass is 205 g/mol. The highest BCUT2D eigenvalue weighted by atomic mass is 16.3. The van der Waals surface area contributed by atoms with Gasteiger partial charge < -0.3 is 14.8 Å². The molecule has 1 unspecified atom stereocenters. The molecule has 15 heavy (non-hydrogen) atoms. The lowest BCUT2D eigenvalue weighted by Crippen LogP contribution is -2.10. The van der Waals surface area contributed by atoms with Crippen molar-refractivity contribution in [3.63, 3.8) is 0 Å². The highest BCUT2D eigenvalue weighted by Crippen LogP contribution is 2.18. The molecule has 0 saturated heterocycles. The number of nitrogens with zero attached hydrogens (tertiary/aromatic N) is 1. The van der Waals surface area contributed by atoms with Crippen molar-refractivity contribution in [3.8, 4) is 0 Å². The van der Waals surface area contributed by atoms with Crippen molar-refractivity contribution < 1.29 is 10.2 Å². The van der Waals surface area contributed by atoms with Gasteiger partial charge in [0.05, 0.1) is 12.7 Å². The molecule has 2 N–H and O–H groups in total. The lowest BCUT2D eigenvalue weighted by molar-refractivity contribution is 0.175. The number of rotatable bonds is 3. The van der Waals surface area contributed by atoms with Crippen molar-refractivity contribution in [1.82, 2.24) is 4.57 Å². The van der Waals surface area contributed by atoms with Crippen molar-refractivity contribution in [2.24, 2.45) is 0 Å². The average molecular weight is 205 g/mol. The van der Waals surface area contributed by atoms with Gasteiger partial charge in [0, 0.05) is 18.3 Å². The summed E-state index contributed by atoms with van der Waals surface area (Å²) in [6.07, 6.45) is 1.61. The minimum absolute atomic E-state index is 0.0670. The van der Waals surface area contributed by atoms with Crippen LogP contribution in [0.4, 0.5) is 0 Å². The third kappa shape index (κ3) is 2.03. The Labute approximate surface area is 88.6 Å². The van der Waals surface area contributed by atoms with Crippen LogP contribution in [0.1, 0.15) is 12.5 Å². The molecule has 3 heteroatoms. The largest absolute Gasteiger partial charge is 0.392 e. The third-order valence-corrected chi connectivity index (χ3v) is 2.48. The minimum Gasteiger partial charge on any atom is -0.392 e. The zero-order valence-electron chi connectivity index (χ0n) is 8.72. The predicted molar refractivity (Wildman–Crippen MR) is 59.5 cm³/mol. The first-order valence-electron chi connectivity index (χ1n) is 5.07. The van der Waals surface area contributed by atoms with E-state index in [4.69, 9.17) is 5.11 Å². The molecule has 1 heterocycles. The Hall–Kier alpha value is -1.32. The van der Waals surface area contributed by atoms with Gasteiger partial charge in [-0.05, 0) is 36.1 Å². The molecule has 1 atom stereocenters. The molecule has 1 aromatic carbocycles. The van der Waals surface area contributed by atoms with Crippen LogP contribution in [0.25, 0.3) is 10.9 Å². The van der Waals surface area contributed by atoms with E-state index in [0.29, 0.717) is 6.54 Å². The van der Waals surface area contributed by atoms with E-state index in [2.05, 4.69) is 0 Å². The van der Waals surface area contributed by atoms with Crippen LogP contribution in [0, 0.1) is 0 Å². The molecule has 0 bridgehead atoms. The van der Waals surface area contributed by atoms with Gasteiger partial charge in [0.2, 0.25) is 0 Å². The Morgan fingerprint density at radius 3 is 2.80 bits per heavy atom. The Balaban J connectivity index is 2.43. The number of aliphatic hydroxyl groups is 2. The molecule has 0 spiro atoms. The van der Waals surface area contributed by atoms with Gasteiger partial charge in [0.25, 0.3) is 0 Å². The molecule has 0 fully saturated rings. The lowest BCUT2D eigenvalue weighted by Gasteiger charge is -2.07. The highest BCUT2D eigenvalue weighted by Gasteiger charge is 2.03. The van der Waals surface area contributed by atoms with Gasteiger partial charge in [0.1, 0.15) is 0 Å². The number of hydrogen-bond donors (Lipinski definition) is 2. The fourth-order valence-corrected chi connectivity index (χ4v) is 1.79. The molecule has 3 nitrogen and oxygen atoms in total. The number of aromatic nitrogens is 1. The molecule has 0 aliphatic rings. The smallest absolute Gasteiger partial charge is 0.0691 e. The summed E-state index contributed by atoms with van der Waals surface area (Å²) >= 11 is 0. The van der Waals surface area contributed by atoms with Crippen LogP contribution in [0.3, 0.4) is 0 Å². The van der Waals surface area contributed by atoms with E-state index in [9.17, 15) is 5.11 Å². The van der Waals surface area contributed by atoms with E-state index in [0.717, 1.165) is 16.5 Å². The van der Waals surface area contributed by atoms with Gasteiger partial charge in [-0.2, -0.15) is 0 Å². The molecule has 0 aliphatic carbocycles. The molecular formula is C12H15NO2. The molecule has 0 aliphatic heterocycles. The summed E-state index contributed by atoms with van der Waals surface area (Å²) in [5, 5.41) is 19.4. The van der Waals surface area contributed by atoms with Gasteiger partial charge in [-0.15, -0.1) is 0 Å². The van der Waals surface area contributed by atoms with Crippen LogP contribution in [0.5, 0.6) is 0 Å². The van der Waals surface area contributed by atoms with Crippen molar-refractivity contribution in [2.75, 3.05) is 0 Å². The Bertz CT molecular complexity index is 460. The van der Waals surface area contributed by atoms with Gasteiger partial charge in [-0.3, -0.25) is 0 Å². The Kier molecular flexibility index (Phi) is 2.75. The summed E-state index contributed by atoms with van der Waals surface area (Å²) in [6, 6.07) is 7.84. The first-order chi connectivity index (χ1) is 7.20. The topological polar surface area (TPSA) is 45.4 Å². The summed E-state index contributed by atoms with van der Waals surface area (Å²) in [4.78, 5) is 0. The number of fused-ring (bicyclic) bond motifs is 1. The zero-order valence-corrected chi connectivity index (χ0v) is 8.72. The summed E-state index contributed by atoms with van der Waals surface area (Å²) in [5.41, 5.74) is 2.00. The second-order valence-electron chi connectivity index (χ2n) is 3.87. The van der Waals surface area contributed by atoms with Crippen LogP contribution >= 0.6 is 0 Å². The second-order valence-corrected chi connectivity index (χ2v) is 3.87. The fourth-order valence-electron chi connectivity index (χ4n) is 1.79. The molecule has 0 saturated carbocycles. The van der Waals surface area contributed by atoms with Crippen molar-refractivity contribution in [1.29, 1.82) is 0 Å². The maximum atomic E-state index is 9.32. The third-order valence-electron chi connectivity index (χ3n) is 2.48. The highest BCUT2D eigenvalue weighted by molar-refractivity contribution is 5.80. The number of benzene rings is 1. The van der Waals surface area contributed by atoms with Crippen LogP contribution in [-0.4, -0.2) is 20.9 Å². The normalized spacial score (nSPS) is 13.3. The maximum Gasteiger partial charge on any atom is 0.0691 e. The number of hydrogen-bond acceptors (Lipinski definition) is 2. The molecule has 1 aromatic heterocycles. The van der Waals surface area contributed by atoms with E-state index in [1.807, 2.05) is 35.0 Å². The predicted octanol–water partition coefficient (Wildman–Crippen LogP) is 1.51. The summed E-state index contributed by atoms with van der Waals surface area (Å²) in [6.45, 7) is 2.44. The SMILES string of the molecule is CC(O)Cn1ccc2cc(CO)ccc21. The molecular weight excluding hydrogens is 190 g/mol. The quantitative estimate of drug-likeness (QED) is 0.798. The first-order valence-corrected chi connectivity index (χ1v) is 5.07. The van der Waals surface area contributed by atoms with Crippen LogP contribution in [0.2, 0.25) is 0 Å². The van der Waals surface area contributed by atoms with E-state index >= 15 is 0 Å². The van der Waals surface area contributed by atoms with Crippen LogP contribution < -0.4 is 0 Å². The van der Waals surface area contributed by atoms with Crippen molar-refractivity contribution in [3.05, 3.63) is 36.0 Å². The average Bonchev–Trinajstić information content (AvgIpc) is 2.60. The van der Waals surface area contributed by atoms with E-state index < -0.39 is 0 Å². The lowest BCUT2D eigenvalue weighted by atomic mass is 10.2. The van der Waals surface area contributed by atoms with Crippen LogP contribution in [-0.2, 0) is 13.2 Å². The minimum atomic E-state index is -0.349. The van der Waals surface area contributed by atoms with E-state index in [1.54, 1.807) is 6.92 Å². The maximum absolute atomic E-state index is 9.32. The summed E-state index contributed by atoms with van der Waals surface area (Å²) < 4.78 is 2.02. The van der Waals surface area contributed by atoms with Gasteiger partial charge in [-0.25, -0.2) is 0 Å². The van der Waals surface area contributed by atoms with Crippen molar-refractivity contribution in [2.45, 2.75) is 26.2 Å². The van der Waals surface area contributed by atoms with Crippen LogP contribution in [0.15, 0.2) is 30.5 Å². The van der Waals surface area contributed by atoms with Gasteiger partial charge >= 0.3 is 0 Å². The summed E-state index contributed by atoms with van der Waals surface area (Å²) in [7, 11) is 0. The van der Waals surface area contributed by atoms with Gasteiger partial charge in [0.15, 0.2) is 0 Å². The molecule has 2 aromatic rings. The Morgan fingerprint density at radius 2 is 2.13 bits per heavy atom.